The zero-order valence-corrected chi connectivity index (χ0v) is 50.3. The number of amides is 3. The number of carbonyl (C=O) groups excluding carboxylic acids is 3. The molecule has 88 heavy (non-hydrogen) atoms. The number of benzene rings is 1. The van der Waals surface area contributed by atoms with Crippen molar-refractivity contribution in [1.29, 1.82) is 0 Å². The van der Waals surface area contributed by atoms with Crippen LogP contribution in [0.15, 0.2) is 42.5 Å². The number of hydrogen-bond donors (Lipinski definition) is 11. The predicted octanol–water partition coefficient (Wildman–Crippen LogP) is 5.73. The van der Waals surface area contributed by atoms with Gasteiger partial charge in [0.15, 0.2) is 0 Å². The standard InChI is InChI=1S/C61H77N9O18/c1-8-11-19-70-58(82)54-35(6)42-24-44-40(10-3)33(4)41(63-44)25-45-53(36(7)87-22-12-9-2)34(5)43(64-45)26-46-61(84,85)60(88-86,57(66-46)55(59(70)83)56(54)65-42)18-17-47(71)62-38-15-13-37(14-16-38)23-39(69(31-51(78)79)32-52(80)81)27-67(28-48(72)73)20-21-68(29-49(74)75)30-50(76)77/h13-16,24-26,36,39,64-65,84-86H,8-12,17-23,27-32H2,1-7H3,(H,62,71)(H,72,73)(H,74,75)(H,76,77)(H,78,79)(H,80,81)/t36?,39?,60-/m0/s1. The zero-order valence-electron chi connectivity index (χ0n) is 50.3. The number of aliphatic hydroxyl groups is 2. The summed E-state index contributed by atoms with van der Waals surface area (Å²) in [5.74, 6) is -12.4. The van der Waals surface area contributed by atoms with Crippen molar-refractivity contribution < 1.29 is 89.0 Å². The molecule has 3 amide bonds. The molecule has 0 saturated heterocycles. The molecule has 27 heteroatoms. The van der Waals surface area contributed by atoms with Crippen LogP contribution in [0, 0.1) is 13.8 Å². The molecule has 11 N–H and O–H groups in total. The molecule has 2 unspecified atom stereocenters. The van der Waals surface area contributed by atoms with Crippen LogP contribution in [0.4, 0.5) is 5.69 Å². The van der Waals surface area contributed by atoms with E-state index in [-0.39, 0.29) is 54.9 Å². The van der Waals surface area contributed by atoms with Crippen LogP contribution in [-0.4, -0.2) is 200 Å². The van der Waals surface area contributed by atoms with E-state index in [9.17, 15) is 74.6 Å². The summed E-state index contributed by atoms with van der Waals surface area (Å²) in [5.41, 5.74) is 2.67. The number of carboxylic acids is 5. The Morgan fingerprint density at radius 3 is 1.89 bits per heavy atom. The maximum absolute atomic E-state index is 15.2. The lowest BCUT2D eigenvalue weighted by atomic mass is 9.82. The highest BCUT2D eigenvalue weighted by Crippen LogP contribution is 2.51. The minimum atomic E-state index is -3.33. The fourth-order valence-corrected chi connectivity index (χ4v) is 11.7. The summed E-state index contributed by atoms with van der Waals surface area (Å²) in [4.78, 5) is 129. The van der Waals surface area contributed by atoms with Gasteiger partial charge in [-0.1, -0.05) is 45.7 Å². The molecule has 0 spiro atoms. The third-order valence-electron chi connectivity index (χ3n) is 16.2. The van der Waals surface area contributed by atoms with Crippen molar-refractivity contribution in [3.05, 3.63) is 98.6 Å². The molecule has 0 aliphatic carbocycles. The minimum absolute atomic E-state index is 0.0409. The van der Waals surface area contributed by atoms with E-state index in [0.717, 1.165) is 44.3 Å². The minimum Gasteiger partial charge on any atom is -0.480 e. The largest absolute Gasteiger partial charge is 0.480 e. The Morgan fingerprint density at radius 2 is 1.30 bits per heavy atom. The molecule has 0 fully saturated rings. The molecule has 27 nitrogen and oxygen atoms in total. The van der Waals surface area contributed by atoms with E-state index in [1.165, 1.54) is 35.2 Å². The number of aliphatic carboxylic acids is 5. The summed E-state index contributed by atoms with van der Waals surface area (Å²) in [6.07, 6.45) is 1.27. The third kappa shape index (κ3) is 14.8. The summed E-state index contributed by atoms with van der Waals surface area (Å²) in [5, 5.41) is 87.6. The van der Waals surface area contributed by atoms with Gasteiger partial charge < -0.3 is 55.8 Å². The number of anilines is 1. The van der Waals surface area contributed by atoms with E-state index in [1.54, 1.807) is 13.0 Å². The van der Waals surface area contributed by atoms with Crippen LogP contribution in [0.1, 0.15) is 151 Å². The van der Waals surface area contributed by atoms with Crippen LogP contribution in [0.25, 0.3) is 33.2 Å². The van der Waals surface area contributed by atoms with Crippen LogP contribution in [0.5, 0.6) is 0 Å². The smallest absolute Gasteiger partial charge is 0.317 e. The highest BCUT2D eigenvalue weighted by molar-refractivity contribution is 6.23. The molecule has 474 valence electrons. The van der Waals surface area contributed by atoms with E-state index < -0.39 is 128 Å². The summed E-state index contributed by atoms with van der Waals surface area (Å²) in [7, 11) is 0. The first-order chi connectivity index (χ1) is 41.7. The number of aromatic amines is 2. The number of carboxylic acid groups (broad SMARTS) is 5. The molecule has 0 radical (unpaired) electrons. The highest BCUT2D eigenvalue weighted by Gasteiger charge is 2.62. The fraction of sp³-hybridized carbons (Fsp3) is 0.475. The van der Waals surface area contributed by atoms with Gasteiger partial charge in [0.05, 0.1) is 72.6 Å². The van der Waals surface area contributed by atoms with Crippen molar-refractivity contribution in [3.8, 4) is 0 Å². The van der Waals surface area contributed by atoms with E-state index in [1.807, 2.05) is 47.6 Å². The number of hydrogen-bond acceptors (Lipinski definition) is 18. The summed E-state index contributed by atoms with van der Waals surface area (Å²) >= 11 is 0. The number of carbonyl (C=O) groups is 8. The van der Waals surface area contributed by atoms with Crippen molar-refractivity contribution in [2.45, 2.75) is 123 Å². The molecular weight excluding hydrogens is 1150 g/mol. The Morgan fingerprint density at radius 1 is 0.716 bits per heavy atom. The predicted molar refractivity (Wildman–Crippen MR) is 319 cm³/mol. The Labute approximate surface area is 506 Å². The second-order valence-corrected chi connectivity index (χ2v) is 22.4. The number of nitrogens with one attached hydrogen (secondary N) is 3. The van der Waals surface area contributed by atoms with Crippen molar-refractivity contribution >= 4 is 86.5 Å². The van der Waals surface area contributed by atoms with Gasteiger partial charge >= 0.3 is 29.8 Å². The van der Waals surface area contributed by atoms with Crippen LogP contribution < -0.4 is 5.32 Å². The van der Waals surface area contributed by atoms with Gasteiger partial charge in [0.25, 0.3) is 11.8 Å². The third-order valence-corrected chi connectivity index (χ3v) is 16.2. The summed E-state index contributed by atoms with van der Waals surface area (Å²) < 4.78 is 6.34. The quantitative estimate of drug-likeness (QED) is 0.00914. The molecule has 6 heterocycles. The molecular formula is C61H77N9O18. The van der Waals surface area contributed by atoms with Gasteiger partial charge in [-0.2, -0.15) is 0 Å². The number of rotatable bonds is 32. The molecule has 0 saturated carbocycles. The molecule has 1 aromatic carbocycles. The average Bonchev–Trinajstić information content (AvgIpc) is 1.59. The lowest BCUT2D eigenvalue weighted by Crippen LogP contribution is -2.51. The zero-order chi connectivity index (χ0) is 64.5. The van der Waals surface area contributed by atoms with Gasteiger partial charge in [-0.15, -0.1) is 0 Å². The van der Waals surface area contributed by atoms with Crippen molar-refractivity contribution in [3.63, 3.8) is 0 Å². The number of aromatic nitrogens is 4. The van der Waals surface area contributed by atoms with E-state index in [2.05, 4.69) is 15.3 Å². The Bertz CT molecular complexity index is 3520. The summed E-state index contributed by atoms with van der Waals surface area (Å²) in [6, 6.07) is 9.98. The van der Waals surface area contributed by atoms with Gasteiger partial charge in [-0.3, -0.25) is 63.2 Å². The molecule has 7 rings (SSSR count). The number of ether oxygens (including phenoxy) is 1. The molecule has 3 aliphatic rings. The van der Waals surface area contributed by atoms with Crippen molar-refractivity contribution in [1.82, 2.24) is 39.5 Å². The maximum atomic E-state index is 15.2. The SMILES string of the molecule is CCCCOC(C)c1c(C)c2cc3nc(c4c5[nH]c(cc6nc(cc1[nH]2)C(C)=C6CC)c(C)c5C(=O)N(CCCC)C4=O)[C@](CCC(=O)Nc1ccc(CC(CN(CCN(CC(=O)O)CC(=O)O)CC(=O)O)N(CC(=O)O)CC(=O)O)cc1)(OO)C3(O)O. The van der Waals surface area contributed by atoms with Crippen LogP contribution in [0.2, 0.25) is 0 Å². The topological polar surface area (TPSA) is 399 Å². The second kappa shape index (κ2) is 28.7. The van der Waals surface area contributed by atoms with E-state index in [0.29, 0.717) is 70.5 Å². The van der Waals surface area contributed by atoms with Gasteiger partial charge in [0.1, 0.15) is 5.69 Å². The normalized spacial score (nSPS) is 16.2. The Kier molecular flexibility index (Phi) is 21.9. The van der Waals surface area contributed by atoms with Crippen LogP contribution in [-0.2, 0) is 56.2 Å². The highest BCUT2D eigenvalue weighted by atomic mass is 17.1. The Balaban J connectivity index is 1.30. The summed E-state index contributed by atoms with van der Waals surface area (Å²) in [6.45, 7) is 9.39. The Hall–Kier alpha value is -8.28. The molecule has 4 aromatic rings. The number of imide groups is 1. The number of aryl methyl sites for hydroxylation is 2. The molecule has 8 bridgehead atoms. The fourth-order valence-electron chi connectivity index (χ4n) is 11.7. The van der Waals surface area contributed by atoms with Gasteiger partial charge in [0, 0.05) is 73.0 Å². The monoisotopic (exact) mass is 1220 g/mol. The number of unbranched alkanes of at least 4 members (excludes halogenated alkanes) is 2. The number of fused-ring (bicyclic) bond motifs is 8. The second-order valence-electron chi connectivity index (χ2n) is 22.4. The molecule has 3 aromatic heterocycles. The first kappa shape index (κ1) is 67.2. The van der Waals surface area contributed by atoms with Crippen LogP contribution >= 0.6 is 0 Å². The first-order valence-corrected chi connectivity index (χ1v) is 29.1. The number of H-pyrrole nitrogens is 2. The number of nitrogens with zero attached hydrogens (tertiary/aromatic N) is 6. The van der Waals surface area contributed by atoms with Crippen molar-refractivity contribution in [2.75, 3.05) is 70.8 Å². The molecule has 3 aliphatic heterocycles. The average molecular weight is 1220 g/mol. The van der Waals surface area contributed by atoms with Crippen molar-refractivity contribution in [2.24, 2.45) is 0 Å². The van der Waals surface area contributed by atoms with E-state index in [4.69, 9.17) is 19.6 Å². The van der Waals surface area contributed by atoms with E-state index >= 15 is 4.79 Å². The first-order valence-electron chi connectivity index (χ1n) is 29.1. The lowest BCUT2D eigenvalue weighted by Gasteiger charge is -2.36. The van der Waals surface area contributed by atoms with Crippen LogP contribution in [0.3, 0.4) is 0 Å². The maximum Gasteiger partial charge on any atom is 0.317 e. The lowest BCUT2D eigenvalue weighted by molar-refractivity contribution is -0.416. The van der Waals surface area contributed by atoms with Gasteiger partial charge in [-0.25, -0.2) is 14.9 Å². The van der Waals surface area contributed by atoms with Gasteiger partial charge in [-0.05, 0) is 118 Å². The number of allylic oxidation sites excluding steroid dienone is 2. The molecule has 3 atom stereocenters. The van der Waals surface area contributed by atoms with Gasteiger partial charge in [0.2, 0.25) is 17.3 Å².